The average molecular weight is 457 g/mol. The fourth-order valence-corrected chi connectivity index (χ4v) is 3.42. The largest absolute Gasteiger partial charge is 0.481 e. The first-order valence-electron chi connectivity index (χ1n) is 10.2. The molecule has 32 heavy (non-hydrogen) atoms. The Morgan fingerprint density at radius 2 is 1.66 bits per heavy atom. The Morgan fingerprint density at radius 3 is 2.16 bits per heavy atom. The topological polar surface area (TPSA) is 222 Å². The highest BCUT2D eigenvalue weighted by Gasteiger charge is 2.39. The van der Waals surface area contributed by atoms with Gasteiger partial charge in [0.05, 0.1) is 18.9 Å². The Balaban J connectivity index is 2.96. The molecule has 0 bridgehead atoms. The Kier molecular flexibility index (Phi) is 10.0. The highest BCUT2D eigenvalue weighted by atomic mass is 16.4. The van der Waals surface area contributed by atoms with E-state index in [4.69, 9.17) is 16.6 Å². The fourth-order valence-electron chi connectivity index (χ4n) is 3.42. The highest BCUT2D eigenvalue weighted by Crippen LogP contribution is 2.21. The number of hydrogen-bond acceptors (Lipinski definition) is 7. The van der Waals surface area contributed by atoms with Gasteiger partial charge in [-0.2, -0.15) is 0 Å². The minimum atomic E-state index is -1.53. The van der Waals surface area contributed by atoms with Crippen LogP contribution in [0.15, 0.2) is 0 Å². The molecule has 0 saturated carbocycles. The third-order valence-electron chi connectivity index (χ3n) is 4.91. The van der Waals surface area contributed by atoms with Crippen LogP contribution in [0.3, 0.4) is 0 Å². The van der Waals surface area contributed by atoms with E-state index in [0.29, 0.717) is 6.42 Å². The van der Waals surface area contributed by atoms with Crippen LogP contribution in [-0.2, 0) is 28.8 Å². The number of hydrogen-bond donors (Lipinski definition) is 6. The van der Waals surface area contributed by atoms with Gasteiger partial charge in [-0.25, -0.2) is 4.79 Å². The SMILES string of the molecule is CC(C)CC(NC(=O)C(N)CC(=O)O)C(=O)N1CCCC1C(=O)NC(CC(N)=O)C(=O)O. The van der Waals surface area contributed by atoms with Crippen molar-refractivity contribution in [3.05, 3.63) is 0 Å². The molecule has 1 aliphatic rings. The molecule has 1 fully saturated rings. The van der Waals surface area contributed by atoms with Crippen LogP contribution in [0.25, 0.3) is 0 Å². The summed E-state index contributed by atoms with van der Waals surface area (Å²) in [6.07, 6.45) is -0.261. The molecule has 13 nitrogen and oxygen atoms in total. The molecule has 0 radical (unpaired) electrons. The van der Waals surface area contributed by atoms with E-state index >= 15 is 0 Å². The first-order valence-corrected chi connectivity index (χ1v) is 10.2. The molecular weight excluding hydrogens is 426 g/mol. The van der Waals surface area contributed by atoms with Gasteiger partial charge in [0.25, 0.3) is 0 Å². The average Bonchev–Trinajstić information content (AvgIpc) is 3.14. The number of carbonyl (C=O) groups is 6. The third kappa shape index (κ3) is 8.13. The number of primary amides is 1. The van der Waals surface area contributed by atoms with Gasteiger partial charge in [0.1, 0.15) is 18.1 Å². The molecular formula is C19H31N5O8. The lowest BCUT2D eigenvalue weighted by atomic mass is 10.0. The molecule has 0 aromatic heterocycles. The van der Waals surface area contributed by atoms with E-state index in [9.17, 15) is 33.9 Å². The normalized spacial score (nSPS) is 18.5. The second-order valence-corrected chi connectivity index (χ2v) is 8.15. The van der Waals surface area contributed by atoms with Crippen molar-refractivity contribution < 1.29 is 39.0 Å². The van der Waals surface area contributed by atoms with Crippen LogP contribution in [-0.4, -0.2) is 81.4 Å². The lowest BCUT2D eigenvalue weighted by Crippen LogP contribution is -2.57. The molecule has 1 heterocycles. The molecule has 1 aliphatic heterocycles. The van der Waals surface area contributed by atoms with Crippen LogP contribution in [0, 0.1) is 5.92 Å². The van der Waals surface area contributed by atoms with Gasteiger partial charge in [0.15, 0.2) is 0 Å². The quantitative estimate of drug-likeness (QED) is 0.186. The lowest BCUT2D eigenvalue weighted by molar-refractivity contribution is -0.146. The number of likely N-dealkylation sites (tertiary alicyclic amines) is 1. The molecule has 13 heteroatoms. The summed E-state index contributed by atoms with van der Waals surface area (Å²) in [4.78, 5) is 72.5. The highest BCUT2D eigenvalue weighted by molar-refractivity contribution is 5.95. The van der Waals surface area contributed by atoms with E-state index in [2.05, 4.69) is 10.6 Å². The van der Waals surface area contributed by atoms with Crippen molar-refractivity contribution in [2.24, 2.45) is 17.4 Å². The molecule has 180 valence electrons. The summed E-state index contributed by atoms with van der Waals surface area (Å²) >= 11 is 0. The zero-order chi connectivity index (χ0) is 24.6. The number of carboxylic acids is 2. The van der Waals surface area contributed by atoms with Gasteiger partial charge in [-0.1, -0.05) is 13.8 Å². The van der Waals surface area contributed by atoms with E-state index in [1.54, 1.807) is 0 Å². The number of carbonyl (C=O) groups excluding carboxylic acids is 4. The van der Waals surface area contributed by atoms with Crippen LogP contribution in [0.1, 0.15) is 46.0 Å². The monoisotopic (exact) mass is 457 g/mol. The maximum Gasteiger partial charge on any atom is 0.326 e. The zero-order valence-electron chi connectivity index (χ0n) is 18.1. The Bertz CT molecular complexity index is 756. The van der Waals surface area contributed by atoms with Crippen molar-refractivity contribution in [2.45, 2.75) is 70.1 Å². The maximum atomic E-state index is 13.2. The molecule has 1 saturated heterocycles. The number of amides is 4. The smallest absolute Gasteiger partial charge is 0.326 e. The Labute approximate surface area is 184 Å². The molecule has 4 amide bonds. The molecule has 4 unspecified atom stereocenters. The van der Waals surface area contributed by atoms with Gasteiger partial charge in [-0.3, -0.25) is 24.0 Å². The minimum Gasteiger partial charge on any atom is -0.481 e. The minimum absolute atomic E-state index is 0.0261. The lowest BCUT2D eigenvalue weighted by Gasteiger charge is -2.30. The van der Waals surface area contributed by atoms with Gasteiger partial charge in [-0.05, 0) is 25.2 Å². The van der Waals surface area contributed by atoms with E-state index in [1.807, 2.05) is 13.8 Å². The van der Waals surface area contributed by atoms with Crippen molar-refractivity contribution in [3.63, 3.8) is 0 Å². The van der Waals surface area contributed by atoms with E-state index < -0.39 is 72.6 Å². The van der Waals surface area contributed by atoms with E-state index in [0.717, 1.165) is 0 Å². The second-order valence-electron chi connectivity index (χ2n) is 8.15. The van der Waals surface area contributed by atoms with Gasteiger partial charge in [0, 0.05) is 6.54 Å². The fraction of sp³-hybridized carbons (Fsp3) is 0.684. The molecule has 0 aromatic rings. The van der Waals surface area contributed by atoms with Gasteiger partial charge in [0.2, 0.25) is 23.6 Å². The first-order chi connectivity index (χ1) is 14.8. The van der Waals surface area contributed by atoms with Crippen LogP contribution >= 0.6 is 0 Å². The number of aliphatic carboxylic acids is 2. The number of carboxylic acid groups (broad SMARTS) is 2. The predicted octanol–water partition coefficient (Wildman–Crippen LogP) is -2.24. The third-order valence-corrected chi connectivity index (χ3v) is 4.91. The zero-order valence-corrected chi connectivity index (χ0v) is 18.1. The molecule has 1 rings (SSSR count). The van der Waals surface area contributed by atoms with Crippen molar-refractivity contribution in [1.82, 2.24) is 15.5 Å². The van der Waals surface area contributed by atoms with Gasteiger partial charge in [-0.15, -0.1) is 0 Å². The molecule has 4 atom stereocenters. The van der Waals surface area contributed by atoms with Crippen molar-refractivity contribution in [2.75, 3.05) is 6.54 Å². The summed E-state index contributed by atoms with van der Waals surface area (Å²) in [5.74, 6) is -5.75. The molecule has 8 N–H and O–H groups in total. The molecule has 0 aliphatic carbocycles. The van der Waals surface area contributed by atoms with Crippen LogP contribution in [0.4, 0.5) is 0 Å². The van der Waals surface area contributed by atoms with Crippen molar-refractivity contribution in [3.8, 4) is 0 Å². The summed E-state index contributed by atoms with van der Waals surface area (Å²) in [5, 5.41) is 22.7. The van der Waals surface area contributed by atoms with Crippen LogP contribution < -0.4 is 22.1 Å². The number of nitrogens with two attached hydrogens (primary N) is 2. The standard InChI is InChI=1S/C19H31N5O8/c1-9(2)6-11(22-16(28)10(20)7-15(26)27)18(30)24-5-3-4-13(24)17(29)23-12(19(31)32)8-14(21)25/h9-13H,3-8,20H2,1-2H3,(H2,21,25)(H,22,28)(H,23,29)(H,26,27)(H,31,32). The molecule has 0 aromatic carbocycles. The van der Waals surface area contributed by atoms with E-state index in [1.165, 1.54) is 4.90 Å². The Hall–Kier alpha value is -3.22. The van der Waals surface area contributed by atoms with Gasteiger partial charge < -0.3 is 37.2 Å². The van der Waals surface area contributed by atoms with Crippen LogP contribution in [0.5, 0.6) is 0 Å². The number of nitrogens with one attached hydrogen (secondary N) is 2. The van der Waals surface area contributed by atoms with Gasteiger partial charge >= 0.3 is 11.9 Å². The van der Waals surface area contributed by atoms with Crippen molar-refractivity contribution in [1.29, 1.82) is 0 Å². The maximum absolute atomic E-state index is 13.2. The first kappa shape index (κ1) is 26.8. The number of nitrogens with zero attached hydrogens (tertiary/aromatic N) is 1. The summed E-state index contributed by atoms with van der Waals surface area (Å²) in [5.41, 5.74) is 10.6. The van der Waals surface area contributed by atoms with Crippen LogP contribution in [0.2, 0.25) is 0 Å². The summed E-state index contributed by atoms with van der Waals surface area (Å²) in [6.45, 7) is 3.84. The molecule has 0 spiro atoms. The summed E-state index contributed by atoms with van der Waals surface area (Å²) < 4.78 is 0. The summed E-state index contributed by atoms with van der Waals surface area (Å²) in [6, 6.07) is -4.91. The van der Waals surface area contributed by atoms with E-state index in [-0.39, 0.29) is 25.3 Å². The number of rotatable bonds is 12. The Morgan fingerprint density at radius 1 is 1.03 bits per heavy atom. The van der Waals surface area contributed by atoms with Crippen molar-refractivity contribution >= 4 is 35.6 Å². The predicted molar refractivity (Wildman–Crippen MR) is 110 cm³/mol. The second kappa shape index (κ2) is 12.0. The summed E-state index contributed by atoms with van der Waals surface area (Å²) in [7, 11) is 0.